The first-order valence-electron chi connectivity index (χ1n) is 6.10. The van der Waals surface area contributed by atoms with Crippen molar-refractivity contribution in [2.45, 2.75) is 40.2 Å². The zero-order valence-electron chi connectivity index (χ0n) is 11.6. The molecule has 0 radical (unpaired) electrons. The monoisotopic (exact) mass is 268 g/mol. The normalized spacial score (nSPS) is 26.7. The molecule has 1 fully saturated rings. The minimum Gasteiger partial charge on any atom is -0.388 e. The minimum atomic E-state index is -0.837. The number of likely N-dealkylation sites (tertiary alicyclic amines) is 1. The zero-order valence-corrected chi connectivity index (χ0v) is 12.4. The highest BCUT2D eigenvalue weighted by molar-refractivity contribution is 7.13. The predicted molar refractivity (Wildman–Crippen MR) is 71.9 cm³/mol. The average molecular weight is 268 g/mol. The van der Waals surface area contributed by atoms with Crippen LogP contribution in [0.1, 0.15) is 41.1 Å². The number of hydrogen-bond acceptors (Lipinski definition) is 4. The lowest BCUT2D eigenvalue weighted by Gasteiger charge is -2.30. The Bertz CT molecular complexity index is 475. The molecule has 1 aliphatic heterocycles. The average Bonchev–Trinajstić information content (AvgIpc) is 2.64. The Balaban J connectivity index is 2.25. The first kappa shape index (κ1) is 13.5. The van der Waals surface area contributed by atoms with Crippen LogP contribution in [0.25, 0.3) is 0 Å². The lowest BCUT2D eigenvalue weighted by molar-refractivity contribution is -0.0108. The second-order valence-corrected chi connectivity index (χ2v) is 7.17. The molecule has 1 aromatic rings. The summed E-state index contributed by atoms with van der Waals surface area (Å²) >= 11 is 1.43. The van der Waals surface area contributed by atoms with Gasteiger partial charge in [0, 0.05) is 12.0 Å². The number of aryl methyl sites for hydroxylation is 2. The number of carbonyl (C=O) groups excluding carboxylic acids is 1. The fourth-order valence-electron chi connectivity index (χ4n) is 2.31. The largest absolute Gasteiger partial charge is 0.388 e. The number of hydrogen-bond donors (Lipinski definition) is 1. The summed E-state index contributed by atoms with van der Waals surface area (Å²) in [6, 6.07) is 0. The van der Waals surface area contributed by atoms with Crippen LogP contribution >= 0.6 is 11.3 Å². The molecule has 1 unspecified atom stereocenters. The van der Waals surface area contributed by atoms with Crippen LogP contribution in [-0.2, 0) is 0 Å². The lowest BCUT2D eigenvalue weighted by Crippen LogP contribution is -2.40. The van der Waals surface area contributed by atoms with Gasteiger partial charge in [-0.25, -0.2) is 4.98 Å². The first-order chi connectivity index (χ1) is 8.14. The smallest absolute Gasteiger partial charge is 0.265 e. The van der Waals surface area contributed by atoms with Crippen molar-refractivity contribution in [3.05, 3.63) is 15.6 Å². The summed E-state index contributed by atoms with van der Waals surface area (Å²) in [6.45, 7) is 10.5. The second-order valence-electron chi connectivity index (χ2n) is 5.97. The Morgan fingerprint density at radius 1 is 1.33 bits per heavy atom. The summed E-state index contributed by atoms with van der Waals surface area (Å²) in [6.07, 6.45) is 0. The molecule has 0 saturated carbocycles. The van der Waals surface area contributed by atoms with Crippen molar-refractivity contribution in [2.24, 2.45) is 5.41 Å². The molecule has 18 heavy (non-hydrogen) atoms. The highest BCUT2D eigenvalue weighted by Crippen LogP contribution is 2.39. The molecule has 1 N–H and O–H groups in total. The molecule has 1 aliphatic rings. The fourth-order valence-corrected chi connectivity index (χ4v) is 3.19. The van der Waals surface area contributed by atoms with E-state index in [2.05, 4.69) is 4.98 Å². The molecule has 0 aromatic carbocycles. The molecule has 1 aromatic heterocycles. The van der Waals surface area contributed by atoms with Gasteiger partial charge in [-0.2, -0.15) is 0 Å². The molecule has 1 atom stereocenters. The molecule has 0 aliphatic carbocycles. The number of carbonyl (C=O) groups is 1. The van der Waals surface area contributed by atoms with E-state index in [1.807, 2.05) is 27.7 Å². The summed E-state index contributed by atoms with van der Waals surface area (Å²) in [5, 5.41) is 11.3. The Labute approximate surface area is 112 Å². The van der Waals surface area contributed by atoms with Crippen LogP contribution in [0.15, 0.2) is 0 Å². The zero-order chi connectivity index (χ0) is 13.7. The van der Waals surface area contributed by atoms with Crippen molar-refractivity contribution in [3.8, 4) is 0 Å². The van der Waals surface area contributed by atoms with Crippen LogP contribution in [0.4, 0.5) is 0 Å². The SMILES string of the molecule is Cc1nc(C)c(C(=O)N2CC(C)(C)C(C)(O)C2)s1. The Hall–Kier alpha value is -0.940. The van der Waals surface area contributed by atoms with Crippen LogP contribution in [0.5, 0.6) is 0 Å². The lowest BCUT2D eigenvalue weighted by atomic mass is 9.79. The molecule has 0 spiro atoms. The van der Waals surface area contributed by atoms with Crippen molar-refractivity contribution in [3.63, 3.8) is 0 Å². The summed E-state index contributed by atoms with van der Waals surface area (Å²) < 4.78 is 0. The quantitative estimate of drug-likeness (QED) is 0.847. The third-order valence-corrected chi connectivity index (χ3v) is 4.99. The second kappa shape index (κ2) is 4.03. The van der Waals surface area contributed by atoms with E-state index in [0.29, 0.717) is 18.0 Å². The van der Waals surface area contributed by atoms with Crippen LogP contribution in [0.3, 0.4) is 0 Å². The van der Waals surface area contributed by atoms with E-state index in [0.717, 1.165) is 10.7 Å². The summed E-state index contributed by atoms with van der Waals surface area (Å²) in [4.78, 5) is 19.2. The van der Waals surface area contributed by atoms with Gasteiger partial charge in [0.2, 0.25) is 0 Å². The minimum absolute atomic E-state index is 0.0102. The van der Waals surface area contributed by atoms with Crippen molar-refractivity contribution in [1.82, 2.24) is 9.88 Å². The van der Waals surface area contributed by atoms with E-state index in [-0.39, 0.29) is 11.3 Å². The van der Waals surface area contributed by atoms with Gasteiger partial charge >= 0.3 is 0 Å². The van der Waals surface area contributed by atoms with Gasteiger partial charge in [-0.3, -0.25) is 4.79 Å². The van der Waals surface area contributed by atoms with Crippen LogP contribution in [0.2, 0.25) is 0 Å². The van der Waals surface area contributed by atoms with Crippen molar-refractivity contribution >= 4 is 17.2 Å². The van der Waals surface area contributed by atoms with Crippen LogP contribution in [0, 0.1) is 19.3 Å². The standard InChI is InChI=1S/C13H20N2O2S/c1-8-10(18-9(2)14-8)11(16)15-6-12(3,4)13(5,17)7-15/h17H,6-7H2,1-5H3. The number of amides is 1. The molecule has 0 bridgehead atoms. The van der Waals surface area contributed by atoms with E-state index >= 15 is 0 Å². The summed E-state index contributed by atoms with van der Waals surface area (Å²) in [5.41, 5.74) is -0.334. The number of β-amino-alcohol motifs (C(OH)–C–C–N with tert-alkyl or cyclic N) is 1. The van der Waals surface area contributed by atoms with E-state index < -0.39 is 5.60 Å². The topological polar surface area (TPSA) is 53.4 Å². The van der Waals surface area contributed by atoms with E-state index in [9.17, 15) is 9.90 Å². The molecular weight excluding hydrogens is 248 g/mol. The molecule has 5 heteroatoms. The van der Waals surface area contributed by atoms with Gasteiger partial charge in [0.15, 0.2) is 0 Å². The Morgan fingerprint density at radius 2 is 1.94 bits per heavy atom. The fraction of sp³-hybridized carbons (Fsp3) is 0.692. The van der Waals surface area contributed by atoms with Gasteiger partial charge in [-0.05, 0) is 20.8 Å². The molecule has 2 rings (SSSR count). The van der Waals surface area contributed by atoms with Gasteiger partial charge in [0.1, 0.15) is 4.88 Å². The molecule has 100 valence electrons. The third-order valence-electron chi connectivity index (χ3n) is 3.93. The van der Waals surface area contributed by atoms with Crippen molar-refractivity contribution in [2.75, 3.05) is 13.1 Å². The third kappa shape index (κ3) is 2.06. The van der Waals surface area contributed by atoms with Gasteiger partial charge < -0.3 is 10.0 Å². The maximum absolute atomic E-state index is 12.4. The van der Waals surface area contributed by atoms with Crippen LogP contribution in [-0.4, -0.2) is 39.6 Å². The van der Waals surface area contributed by atoms with Gasteiger partial charge in [0.25, 0.3) is 5.91 Å². The molecule has 4 nitrogen and oxygen atoms in total. The number of aliphatic hydroxyl groups is 1. The highest BCUT2D eigenvalue weighted by Gasteiger charge is 2.49. The number of nitrogens with zero attached hydrogens (tertiary/aromatic N) is 2. The van der Waals surface area contributed by atoms with Gasteiger partial charge in [-0.15, -0.1) is 11.3 Å². The number of rotatable bonds is 1. The Kier molecular flexibility index (Phi) is 3.02. The molecule has 2 heterocycles. The summed E-state index contributed by atoms with van der Waals surface area (Å²) in [7, 11) is 0. The van der Waals surface area contributed by atoms with Gasteiger partial charge in [0.05, 0.1) is 22.8 Å². The maximum Gasteiger partial charge on any atom is 0.265 e. The highest BCUT2D eigenvalue weighted by atomic mass is 32.1. The van der Waals surface area contributed by atoms with E-state index in [1.54, 1.807) is 11.8 Å². The van der Waals surface area contributed by atoms with E-state index in [4.69, 9.17) is 0 Å². The van der Waals surface area contributed by atoms with Crippen LogP contribution < -0.4 is 0 Å². The molecular formula is C13H20N2O2S. The van der Waals surface area contributed by atoms with E-state index in [1.165, 1.54) is 11.3 Å². The Morgan fingerprint density at radius 3 is 2.33 bits per heavy atom. The van der Waals surface area contributed by atoms with Crippen molar-refractivity contribution in [1.29, 1.82) is 0 Å². The van der Waals surface area contributed by atoms with Crippen molar-refractivity contribution < 1.29 is 9.90 Å². The predicted octanol–water partition coefficient (Wildman–Crippen LogP) is 1.99. The van der Waals surface area contributed by atoms with Gasteiger partial charge in [-0.1, -0.05) is 13.8 Å². The maximum atomic E-state index is 12.4. The number of thiazole rings is 1. The molecule has 1 saturated heterocycles. The first-order valence-corrected chi connectivity index (χ1v) is 6.91. The molecule has 1 amide bonds. The summed E-state index contributed by atoms with van der Waals surface area (Å²) in [5.74, 6) is -0.0102. The number of aromatic nitrogens is 1.